The SMILES string of the molecule is CC(=CCCC(C)C)[C@H]1CCC2C3CC=C4C[C@@H](O)CC[C@]4(C)C3CC[C@@]21C. The van der Waals surface area contributed by atoms with Crippen LogP contribution in [0, 0.1) is 40.4 Å². The fourth-order valence-electron chi connectivity index (χ4n) is 8.18. The Morgan fingerprint density at radius 3 is 2.68 bits per heavy atom. The van der Waals surface area contributed by atoms with Gasteiger partial charge in [0.15, 0.2) is 0 Å². The molecule has 0 heterocycles. The first-order valence-corrected chi connectivity index (χ1v) is 12.3. The van der Waals surface area contributed by atoms with Gasteiger partial charge in [0.25, 0.3) is 0 Å². The molecule has 3 fully saturated rings. The highest BCUT2D eigenvalue weighted by Crippen LogP contribution is 2.67. The van der Waals surface area contributed by atoms with Crippen LogP contribution in [0.2, 0.25) is 0 Å². The zero-order valence-electron chi connectivity index (χ0n) is 19.1. The maximum Gasteiger partial charge on any atom is 0.0577 e. The van der Waals surface area contributed by atoms with Crippen LogP contribution < -0.4 is 0 Å². The van der Waals surface area contributed by atoms with Crippen LogP contribution in [-0.2, 0) is 0 Å². The Bertz CT molecular complexity index is 643. The summed E-state index contributed by atoms with van der Waals surface area (Å²) in [4.78, 5) is 0. The summed E-state index contributed by atoms with van der Waals surface area (Å²) < 4.78 is 0. The summed E-state index contributed by atoms with van der Waals surface area (Å²) in [5.41, 5.74) is 4.21. The van der Waals surface area contributed by atoms with E-state index >= 15 is 0 Å². The van der Waals surface area contributed by atoms with E-state index in [1.165, 1.54) is 51.4 Å². The van der Waals surface area contributed by atoms with Crippen molar-refractivity contribution in [3.63, 3.8) is 0 Å². The molecule has 4 aliphatic rings. The Morgan fingerprint density at radius 2 is 1.93 bits per heavy atom. The Morgan fingerprint density at radius 1 is 1.14 bits per heavy atom. The normalized spacial score (nSPS) is 46.0. The van der Waals surface area contributed by atoms with E-state index in [1.807, 2.05) is 0 Å². The van der Waals surface area contributed by atoms with Gasteiger partial charge in [-0.1, -0.05) is 51.0 Å². The van der Waals surface area contributed by atoms with Crippen LogP contribution in [0.15, 0.2) is 23.3 Å². The molecule has 3 saturated carbocycles. The Hall–Kier alpha value is -0.560. The van der Waals surface area contributed by atoms with E-state index in [-0.39, 0.29) is 6.10 Å². The molecular weight excluding hydrogens is 340 g/mol. The van der Waals surface area contributed by atoms with Gasteiger partial charge in [0.05, 0.1) is 6.10 Å². The molecule has 4 aliphatic carbocycles. The molecule has 0 aromatic rings. The second kappa shape index (κ2) is 7.60. The monoisotopic (exact) mass is 384 g/mol. The van der Waals surface area contributed by atoms with Crippen molar-refractivity contribution in [2.75, 3.05) is 0 Å². The highest BCUT2D eigenvalue weighted by Gasteiger charge is 2.58. The number of hydrogen-bond donors (Lipinski definition) is 1. The minimum absolute atomic E-state index is 0.0841. The maximum atomic E-state index is 10.2. The van der Waals surface area contributed by atoms with Gasteiger partial charge in [-0.15, -0.1) is 0 Å². The molecule has 1 nitrogen and oxygen atoms in total. The molecule has 0 aliphatic heterocycles. The van der Waals surface area contributed by atoms with Crippen LogP contribution in [-0.4, -0.2) is 11.2 Å². The van der Waals surface area contributed by atoms with Gasteiger partial charge in [-0.05, 0) is 112 Å². The van der Waals surface area contributed by atoms with Crippen molar-refractivity contribution in [3.05, 3.63) is 23.3 Å². The molecule has 1 N–H and O–H groups in total. The van der Waals surface area contributed by atoms with Crippen LogP contribution in [0.4, 0.5) is 0 Å². The largest absolute Gasteiger partial charge is 0.393 e. The van der Waals surface area contributed by atoms with Crippen LogP contribution in [0.5, 0.6) is 0 Å². The van der Waals surface area contributed by atoms with E-state index < -0.39 is 0 Å². The zero-order valence-corrected chi connectivity index (χ0v) is 19.1. The highest BCUT2D eigenvalue weighted by molar-refractivity contribution is 5.26. The molecule has 7 atom stereocenters. The second-order valence-electron chi connectivity index (χ2n) is 11.7. The molecule has 0 radical (unpaired) electrons. The number of aliphatic hydroxyl groups excluding tert-OH is 1. The van der Waals surface area contributed by atoms with Crippen molar-refractivity contribution in [2.45, 2.75) is 105 Å². The van der Waals surface area contributed by atoms with Crippen molar-refractivity contribution in [3.8, 4) is 0 Å². The van der Waals surface area contributed by atoms with Crippen molar-refractivity contribution in [1.29, 1.82) is 0 Å². The van der Waals surface area contributed by atoms with Gasteiger partial charge in [-0.3, -0.25) is 0 Å². The molecule has 158 valence electrons. The molecule has 0 amide bonds. The first-order chi connectivity index (χ1) is 13.3. The van der Waals surface area contributed by atoms with Crippen LogP contribution in [0.1, 0.15) is 98.8 Å². The summed E-state index contributed by atoms with van der Waals surface area (Å²) in [5.74, 6) is 4.28. The van der Waals surface area contributed by atoms with E-state index in [9.17, 15) is 5.11 Å². The van der Waals surface area contributed by atoms with Crippen LogP contribution in [0.3, 0.4) is 0 Å². The van der Waals surface area contributed by atoms with Crippen LogP contribution in [0.25, 0.3) is 0 Å². The first kappa shape index (κ1) is 20.7. The summed E-state index contributed by atoms with van der Waals surface area (Å²) in [5, 5.41) is 10.2. The number of rotatable bonds is 4. The smallest absolute Gasteiger partial charge is 0.0577 e. The van der Waals surface area contributed by atoms with Gasteiger partial charge in [-0.25, -0.2) is 0 Å². The third-order valence-electron chi connectivity index (χ3n) is 9.84. The van der Waals surface area contributed by atoms with Gasteiger partial charge < -0.3 is 5.11 Å². The lowest BCUT2D eigenvalue weighted by Gasteiger charge is -2.58. The minimum Gasteiger partial charge on any atom is -0.393 e. The van der Waals surface area contributed by atoms with Gasteiger partial charge in [0.2, 0.25) is 0 Å². The molecule has 0 aromatic heterocycles. The third-order valence-corrected chi connectivity index (χ3v) is 9.84. The summed E-state index contributed by atoms with van der Waals surface area (Å²) in [7, 11) is 0. The zero-order chi connectivity index (χ0) is 20.1. The van der Waals surface area contributed by atoms with Gasteiger partial charge in [-0.2, -0.15) is 0 Å². The van der Waals surface area contributed by atoms with Crippen LogP contribution >= 0.6 is 0 Å². The number of allylic oxidation sites excluding steroid dienone is 3. The quantitative estimate of drug-likeness (QED) is 0.504. The van der Waals surface area contributed by atoms with Gasteiger partial charge in [0.1, 0.15) is 0 Å². The average Bonchev–Trinajstić information content (AvgIpc) is 2.99. The van der Waals surface area contributed by atoms with E-state index in [4.69, 9.17) is 0 Å². The van der Waals surface area contributed by atoms with E-state index in [1.54, 1.807) is 11.1 Å². The van der Waals surface area contributed by atoms with Crippen molar-refractivity contribution in [1.82, 2.24) is 0 Å². The number of hydrogen-bond acceptors (Lipinski definition) is 1. The molecule has 4 rings (SSSR count). The molecule has 0 aromatic carbocycles. The lowest BCUT2D eigenvalue weighted by molar-refractivity contribution is -0.0454. The predicted octanol–water partition coefficient (Wildman–Crippen LogP) is 7.31. The molecule has 1 heteroatoms. The highest BCUT2D eigenvalue weighted by atomic mass is 16.3. The molecule has 0 bridgehead atoms. The topological polar surface area (TPSA) is 20.2 Å². The first-order valence-electron chi connectivity index (χ1n) is 12.3. The maximum absolute atomic E-state index is 10.2. The molecule has 3 unspecified atom stereocenters. The Balaban J connectivity index is 1.54. The average molecular weight is 385 g/mol. The summed E-state index contributed by atoms with van der Waals surface area (Å²) in [6.07, 6.45) is 17.8. The predicted molar refractivity (Wildman–Crippen MR) is 119 cm³/mol. The van der Waals surface area contributed by atoms with Crippen molar-refractivity contribution in [2.24, 2.45) is 40.4 Å². The lowest BCUT2D eigenvalue weighted by atomic mass is 9.47. The standard InChI is InChI=1S/C27H44O/c1-18(2)7-6-8-19(3)23-11-12-24-22-10-9-20-17-21(28)13-15-26(20,4)25(22)14-16-27(23,24)5/h8-9,18,21-25,28H,6-7,10-17H2,1-5H3/t21-,22?,23+,24?,25?,26-,27+/m0/s1. The third kappa shape index (κ3) is 3.34. The Labute approximate surface area is 174 Å². The summed E-state index contributed by atoms with van der Waals surface area (Å²) in [6, 6.07) is 0. The Kier molecular flexibility index (Phi) is 5.62. The fourth-order valence-corrected chi connectivity index (χ4v) is 8.18. The fraction of sp³-hybridized carbons (Fsp3) is 0.852. The summed E-state index contributed by atoms with van der Waals surface area (Å²) >= 11 is 0. The summed E-state index contributed by atoms with van der Waals surface area (Å²) in [6.45, 7) is 12.3. The minimum atomic E-state index is -0.0841. The number of fused-ring (bicyclic) bond motifs is 5. The van der Waals surface area contributed by atoms with E-state index in [0.717, 1.165) is 42.4 Å². The molecule has 28 heavy (non-hydrogen) atoms. The lowest BCUT2D eigenvalue weighted by Crippen LogP contribution is -2.50. The molecular formula is C27H44O. The van der Waals surface area contributed by atoms with E-state index in [0.29, 0.717) is 10.8 Å². The second-order valence-corrected chi connectivity index (χ2v) is 11.7. The van der Waals surface area contributed by atoms with Gasteiger partial charge in [0, 0.05) is 0 Å². The molecule has 0 spiro atoms. The van der Waals surface area contributed by atoms with Gasteiger partial charge >= 0.3 is 0 Å². The van der Waals surface area contributed by atoms with Crippen molar-refractivity contribution < 1.29 is 5.11 Å². The number of aliphatic hydroxyl groups is 1. The van der Waals surface area contributed by atoms with Crippen molar-refractivity contribution >= 4 is 0 Å². The molecule has 0 saturated heterocycles. The van der Waals surface area contributed by atoms with E-state index in [2.05, 4.69) is 46.8 Å².